The van der Waals surface area contributed by atoms with E-state index in [1.54, 1.807) is 12.1 Å². The molecule has 7 heteroatoms. The molecular formula is C18H18N2O3S2. The molecule has 3 rings (SSSR count). The number of hydrogen-bond acceptors (Lipinski definition) is 5. The first-order valence-corrected chi connectivity index (χ1v) is 10.2. The average Bonchev–Trinajstić information content (AvgIpc) is 3.11. The van der Waals surface area contributed by atoms with Crippen LogP contribution in [0, 0.1) is 0 Å². The van der Waals surface area contributed by atoms with Crippen LogP contribution in [-0.4, -0.2) is 20.0 Å². The van der Waals surface area contributed by atoms with Gasteiger partial charge in [0.2, 0.25) is 10.0 Å². The van der Waals surface area contributed by atoms with Gasteiger partial charge in [0.05, 0.1) is 23.7 Å². The van der Waals surface area contributed by atoms with Crippen LogP contribution in [0.25, 0.3) is 10.6 Å². The van der Waals surface area contributed by atoms with Gasteiger partial charge in [-0.05, 0) is 31.2 Å². The Kier molecular flexibility index (Phi) is 5.47. The molecular weight excluding hydrogens is 356 g/mol. The molecule has 0 atom stereocenters. The number of nitrogens with one attached hydrogen (secondary N) is 1. The smallest absolute Gasteiger partial charge is 0.240 e. The van der Waals surface area contributed by atoms with Crippen LogP contribution < -0.4 is 9.46 Å². The van der Waals surface area contributed by atoms with Crippen molar-refractivity contribution in [1.29, 1.82) is 0 Å². The number of rotatable bonds is 7. The Balaban J connectivity index is 1.67. The van der Waals surface area contributed by atoms with E-state index < -0.39 is 10.0 Å². The lowest BCUT2D eigenvalue weighted by atomic mass is 10.2. The van der Waals surface area contributed by atoms with Crippen molar-refractivity contribution in [3.63, 3.8) is 0 Å². The number of hydrogen-bond donors (Lipinski definition) is 1. The maximum atomic E-state index is 12.4. The van der Waals surface area contributed by atoms with E-state index in [9.17, 15) is 8.42 Å². The number of thiazole rings is 1. The molecule has 1 N–H and O–H groups in total. The third kappa shape index (κ3) is 4.45. The van der Waals surface area contributed by atoms with Crippen LogP contribution in [0.1, 0.15) is 12.6 Å². The van der Waals surface area contributed by atoms with Gasteiger partial charge in [0.15, 0.2) is 0 Å². The highest BCUT2D eigenvalue weighted by Crippen LogP contribution is 2.23. The number of sulfonamides is 1. The van der Waals surface area contributed by atoms with Crippen LogP contribution in [0.3, 0.4) is 0 Å². The Bertz CT molecular complexity index is 920. The zero-order valence-corrected chi connectivity index (χ0v) is 15.3. The SMILES string of the molecule is CCOc1ccc(S(=O)(=O)NCc2csc(-c3ccccc3)n2)cc1. The summed E-state index contributed by atoms with van der Waals surface area (Å²) in [6, 6.07) is 16.2. The number of benzene rings is 2. The normalized spacial score (nSPS) is 11.4. The van der Waals surface area contributed by atoms with Crippen LogP contribution in [0.5, 0.6) is 5.75 Å². The van der Waals surface area contributed by atoms with Gasteiger partial charge in [0.1, 0.15) is 10.8 Å². The fraction of sp³-hybridized carbons (Fsp3) is 0.167. The second-order valence-electron chi connectivity index (χ2n) is 5.24. The highest BCUT2D eigenvalue weighted by Gasteiger charge is 2.15. The fourth-order valence-corrected chi connectivity index (χ4v) is 4.06. The molecule has 2 aromatic carbocycles. The second-order valence-corrected chi connectivity index (χ2v) is 7.86. The first-order chi connectivity index (χ1) is 12.1. The van der Waals surface area contributed by atoms with E-state index in [1.807, 2.05) is 42.6 Å². The van der Waals surface area contributed by atoms with Gasteiger partial charge in [-0.3, -0.25) is 0 Å². The summed E-state index contributed by atoms with van der Waals surface area (Å²) in [5.74, 6) is 0.647. The standard InChI is InChI=1S/C18H18N2O3S2/c1-2-23-16-8-10-17(11-9-16)25(21,22)19-12-15-13-24-18(20-15)14-6-4-3-5-7-14/h3-11,13,19H,2,12H2,1H3. The molecule has 0 saturated carbocycles. The summed E-state index contributed by atoms with van der Waals surface area (Å²) >= 11 is 1.49. The largest absolute Gasteiger partial charge is 0.494 e. The quantitative estimate of drug-likeness (QED) is 0.685. The van der Waals surface area contributed by atoms with Gasteiger partial charge in [-0.1, -0.05) is 30.3 Å². The average molecular weight is 374 g/mol. The monoisotopic (exact) mass is 374 g/mol. The highest BCUT2D eigenvalue weighted by atomic mass is 32.2. The molecule has 130 valence electrons. The number of nitrogens with zero attached hydrogens (tertiary/aromatic N) is 1. The van der Waals surface area contributed by atoms with Gasteiger partial charge in [-0.15, -0.1) is 11.3 Å². The molecule has 0 aliphatic rings. The summed E-state index contributed by atoms with van der Waals surface area (Å²) in [7, 11) is -3.59. The van der Waals surface area contributed by atoms with Gasteiger partial charge in [-0.2, -0.15) is 0 Å². The van der Waals surface area contributed by atoms with Crippen molar-refractivity contribution in [2.45, 2.75) is 18.4 Å². The van der Waals surface area contributed by atoms with E-state index in [0.717, 1.165) is 10.6 Å². The lowest BCUT2D eigenvalue weighted by molar-refractivity contribution is 0.340. The second kappa shape index (κ2) is 7.77. The minimum atomic E-state index is -3.59. The Morgan fingerprint density at radius 3 is 2.48 bits per heavy atom. The zero-order valence-electron chi connectivity index (χ0n) is 13.7. The van der Waals surface area contributed by atoms with E-state index in [-0.39, 0.29) is 11.4 Å². The van der Waals surface area contributed by atoms with Crippen molar-refractivity contribution in [2.75, 3.05) is 6.61 Å². The summed E-state index contributed by atoms with van der Waals surface area (Å²) in [5.41, 5.74) is 1.71. The molecule has 5 nitrogen and oxygen atoms in total. The summed E-state index contributed by atoms with van der Waals surface area (Å²) in [6.07, 6.45) is 0. The molecule has 0 spiro atoms. The zero-order chi connectivity index (χ0) is 17.7. The summed E-state index contributed by atoms with van der Waals surface area (Å²) in [4.78, 5) is 4.69. The maximum absolute atomic E-state index is 12.4. The lowest BCUT2D eigenvalue weighted by Gasteiger charge is -2.07. The third-order valence-electron chi connectivity index (χ3n) is 3.46. The van der Waals surface area contributed by atoms with Crippen molar-refractivity contribution in [2.24, 2.45) is 0 Å². The van der Waals surface area contributed by atoms with E-state index >= 15 is 0 Å². The minimum Gasteiger partial charge on any atom is -0.494 e. The van der Waals surface area contributed by atoms with Gasteiger partial charge in [0, 0.05) is 10.9 Å². The Hall–Kier alpha value is -2.22. The molecule has 1 heterocycles. The van der Waals surface area contributed by atoms with E-state index in [2.05, 4.69) is 9.71 Å². The lowest BCUT2D eigenvalue weighted by Crippen LogP contribution is -2.23. The van der Waals surface area contributed by atoms with E-state index in [4.69, 9.17) is 4.74 Å². The van der Waals surface area contributed by atoms with Crippen molar-refractivity contribution in [3.05, 3.63) is 65.7 Å². The van der Waals surface area contributed by atoms with Crippen LogP contribution in [-0.2, 0) is 16.6 Å². The Labute approximate surface area is 151 Å². The molecule has 0 bridgehead atoms. The highest BCUT2D eigenvalue weighted by molar-refractivity contribution is 7.89. The summed E-state index contributed by atoms with van der Waals surface area (Å²) in [5, 5.41) is 2.74. The summed E-state index contributed by atoms with van der Waals surface area (Å²) < 4.78 is 32.7. The molecule has 0 amide bonds. The minimum absolute atomic E-state index is 0.152. The Morgan fingerprint density at radius 2 is 1.80 bits per heavy atom. The first kappa shape index (κ1) is 17.6. The molecule has 0 radical (unpaired) electrons. The Morgan fingerprint density at radius 1 is 1.08 bits per heavy atom. The topological polar surface area (TPSA) is 68.3 Å². The van der Waals surface area contributed by atoms with Gasteiger partial charge < -0.3 is 4.74 Å². The predicted octanol–water partition coefficient (Wildman–Crippen LogP) is 3.69. The van der Waals surface area contributed by atoms with E-state index in [0.29, 0.717) is 18.1 Å². The predicted molar refractivity (Wildman–Crippen MR) is 99.2 cm³/mol. The fourth-order valence-electron chi connectivity index (χ4n) is 2.24. The van der Waals surface area contributed by atoms with Crippen LogP contribution in [0.15, 0.2) is 64.9 Å². The maximum Gasteiger partial charge on any atom is 0.240 e. The third-order valence-corrected chi connectivity index (χ3v) is 5.82. The van der Waals surface area contributed by atoms with Gasteiger partial charge in [-0.25, -0.2) is 18.1 Å². The van der Waals surface area contributed by atoms with Crippen molar-refractivity contribution < 1.29 is 13.2 Å². The first-order valence-electron chi connectivity index (χ1n) is 7.81. The molecule has 25 heavy (non-hydrogen) atoms. The number of aromatic nitrogens is 1. The molecule has 1 aromatic heterocycles. The van der Waals surface area contributed by atoms with Crippen molar-refractivity contribution >= 4 is 21.4 Å². The summed E-state index contributed by atoms with van der Waals surface area (Å²) in [6.45, 7) is 2.57. The molecule has 0 unspecified atom stereocenters. The van der Waals surface area contributed by atoms with Crippen LogP contribution in [0.2, 0.25) is 0 Å². The number of ether oxygens (including phenoxy) is 1. The molecule has 3 aromatic rings. The van der Waals surface area contributed by atoms with Crippen molar-refractivity contribution in [1.82, 2.24) is 9.71 Å². The molecule has 0 aliphatic carbocycles. The van der Waals surface area contributed by atoms with Gasteiger partial charge in [0.25, 0.3) is 0 Å². The molecule has 0 saturated heterocycles. The van der Waals surface area contributed by atoms with Crippen LogP contribution in [0.4, 0.5) is 0 Å². The van der Waals surface area contributed by atoms with Crippen molar-refractivity contribution in [3.8, 4) is 16.3 Å². The van der Waals surface area contributed by atoms with Gasteiger partial charge >= 0.3 is 0 Å². The molecule has 0 fully saturated rings. The van der Waals surface area contributed by atoms with E-state index in [1.165, 1.54) is 23.5 Å². The molecule has 0 aliphatic heterocycles. The van der Waals surface area contributed by atoms with Crippen LogP contribution >= 0.6 is 11.3 Å².